The van der Waals surface area contributed by atoms with Crippen LogP contribution in [0, 0.1) is 0 Å². The van der Waals surface area contributed by atoms with E-state index in [1.807, 2.05) is 0 Å². The van der Waals surface area contributed by atoms with Crippen molar-refractivity contribution in [3.05, 3.63) is 10.7 Å². The summed E-state index contributed by atoms with van der Waals surface area (Å²) in [4.78, 5) is 0. The molecule has 0 atom stereocenters. The minimum absolute atomic E-state index is 0.314. The summed E-state index contributed by atoms with van der Waals surface area (Å²) >= 11 is 5.69. The Morgan fingerprint density at radius 3 is 2.90 bits per heavy atom. The van der Waals surface area contributed by atoms with Crippen LogP contribution < -0.4 is 5.73 Å². The van der Waals surface area contributed by atoms with Gasteiger partial charge in [0.15, 0.2) is 5.82 Å². The van der Waals surface area contributed by atoms with E-state index in [0.29, 0.717) is 23.1 Å². The third-order valence-electron chi connectivity index (χ3n) is 1.09. The molecule has 4 nitrogen and oxygen atoms in total. The van der Waals surface area contributed by atoms with Gasteiger partial charge in [0.2, 0.25) is 0 Å². The van der Waals surface area contributed by atoms with E-state index < -0.39 is 0 Å². The number of halogens is 1. The van der Waals surface area contributed by atoms with Gasteiger partial charge in [-0.1, -0.05) is 11.6 Å². The number of nitrogen functional groups attached to an aromatic ring is 1. The van der Waals surface area contributed by atoms with Crippen LogP contribution in [0.15, 0.2) is 0 Å². The Hall–Kier alpha value is -0.740. The Labute approximate surface area is 63.3 Å². The molecule has 1 heterocycles. The third-order valence-corrected chi connectivity index (χ3v) is 1.51. The molecule has 0 bridgehead atoms. The number of nitrogens with zero attached hydrogens (tertiary/aromatic N) is 1. The summed E-state index contributed by atoms with van der Waals surface area (Å²) in [5.41, 5.74) is 6.05. The fourth-order valence-corrected chi connectivity index (χ4v) is 0.760. The van der Waals surface area contributed by atoms with E-state index in [1.54, 1.807) is 7.11 Å². The van der Waals surface area contributed by atoms with Crippen LogP contribution in [0.5, 0.6) is 0 Å². The summed E-state index contributed by atoms with van der Waals surface area (Å²) in [5.74, 6) is 0.314. The highest BCUT2D eigenvalue weighted by Gasteiger charge is 2.05. The number of aromatic amines is 1. The first-order valence-electron chi connectivity index (χ1n) is 2.73. The van der Waals surface area contributed by atoms with E-state index in [0.717, 1.165) is 0 Å². The lowest BCUT2D eigenvalue weighted by atomic mass is 10.4. The minimum Gasteiger partial charge on any atom is -0.381 e. The molecule has 0 unspecified atom stereocenters. The van der Waals surface area contributed by atoms with Crippen molar-refractivity contribution < 1.29 is 4.74 Å². The maximum atomic E-state index is 5.69. The largest absolute Gasteiger partial charge is 0.381 e. The van der Waals surface area contributed by atoms with Crippen molar-refractivity contribution in [2.24, 2.45) is 0 Å². The SMILES string of the molecule is COCc1[nH]nc(N)c1Cl. The third kappa shape index (κ3) is 1.22. The first-order valence-corrected chi connectivity index (χ1v) is 3.10. The van der Waals surface area contributed by atoms with Crippen LogP contribution in [0.3, 0.4) is 0 Å². The topological polar surface area (TPSA) is 63.9 Å². The number of aromatic nitrogens is 2. The van der Waals surface area contributed by atoms with Crippen molar-refractivity contribution in [3.63, 3.8) is 0 Å². The molecule has 0 amide bonds. The Kier molecular flexibility index (Phi) is 2.13. The standard InChI is InChI=1S/C5H8ClN3O/c1-10-2-3-4(6)5(7)9-8-3/h2H2,1H3,(H3,7,8,9). The van der Waals surface area contributed by atoms with E-state index in [2.05, 4.69) is 10.2 Å². The van der Waals surface area contributed by atoms with E-state index >= 15 is 0 Å². The summed E-state index contributed by atoms with van der Waals surface area (Å²) in [7, 11) is 1.58. The van der Waals surface area contributed by atoms with Crippen molar-refractivity contribution in [2.45, 2.75) is 6.61 Å². The Bertz CT molecular complexity index is 223. The van der Waals surface area contributed by atoms with Crippen molar-refractivity contribution >= 4 is 17.4 Å². The van der Waals surface area contributed by atoms with Gasteiger partial charge in [-0.2, -0.15) is 5.10 Å². The molecule has 1 rings (SSSR count). The summed E-state index contributed by atoms with van der Waals surface area (Å²) in [5, 5.41) is 6.76. The zero-order chi connectivity index (χ0) is 7.56. The number of nitrogens with two attached hydrogens (primary N) is 1. The molecule has 0 aliphatic heterocycles. The predicted molar refractivity (Wildman–Crippen MR) is 38.7 cm³/mol. The highest BCUT2D eigenvalue weighted by Crippen LogP contribution is 2.19. The smallest absolute Gasteiger partial charge is 0.164 e. The first kappa shape index (κ1) is 7.37. The van der Waals surface area contributed by atoms with Gasteiger partial charge >= 0.3 is 0 Å². The van der Waals surface area contributed by atoms with Gasteiger partial charge < -0.3 is 10.5 Å². The van der Waals surface area contributed by atoms with Gasteiger partial charge in [0.25, 0.3) is 0 Å². The second-order valence-electron chi connectivity index (χ2n) is 1.83. The molecule has 0 aromatic carbocycles. The van der Waals surface area contributed by atoms with E-state index in [9.17, 15) is 0 Å². The zero-order valence-electron chi connectivity index (χ0n) is 5.52. The molecule has 0 spiro atoms. The Morgan fingerprint density at radius 2 is 2.50 bits per heavy atom. The molecule has 10 heavy (non-hydrogen) atoms. The van der Waals surface area contributed by atoms with Gasteiger partial charge in [-0.15, -0.1) is 0 Å². The van der Waals surface area contributed by atoms with Crippen molar-refractivity contribution in [2.75, 3.05) is 12.8 Å². The molecule has 5 heteroatoms. The summed E-state index contributed by atoms with van der Waals surface area (Å²) in [6.07, 6.45) is 0. The van der Waals surface area contributed by atoms with Crippen molar-refractivity contribution in [1.82, 2.24) is 10.2 Å². The van der Waals surface area contributed by atoms with Crippen LogP contribution in [0.2, 0.25) is 5.02 Å². The summed E-state index contributed by atoms with van der Waals surface area (Å²) in [6, 6.07) is 0. The molecule has 0 saturated heterocycles. The zero-order valence-corrected chi connectivity index (χ0v) is 6.27. The average molecular weight is 162 g/mol. The van der Waals surface area contributed by atoms with Gasteiger partial charge in [0.05, 0.1) is 12.3 Å². The van der Waals surface area contributed by atoms with Crippen LogP contribution in [-0.2, 0) is 11.3 Å². The maximum Gasteiger partial charge on any atom is 0.164 e. The van der Waals surface area contributed by atoms with Gasteiger partial charge in [-0.05, 0) is 0 Å². The lowest BCUT2D eigenvalue weighted by molar-refractivity contribution is 0.181. The molecule has 3 N–H and O–H groups in total. The monoisotopic (exact) mass is 161 g/mol. The molecule has 0 radical (unpaired) electrons. The molecule has 1 aromatic heterocycles. The maximum absolute atomic E-state index is 5.69. The van der Waals surface area contributed by atoms with Crippen molar-refractivity contribution in [3.8, 4) is 0 Å². The fraction of sp³-hybridized carbons (Fsp3) is 0.400. The summed E-state index contributed by atoms with van der Waals surface area (Å²) < 4.78 is 4.81. The second kappa shape index (κ2) is 2.90. The first-order chi connectivity index (χ1) is 4.75. The molecule has 0 aliphatic carbocycles. The number of anilines is 1. The van der Waals surface area contributed by atoms with E-state index in [4.69, 9.17) is 22.1 Å². The molecular formula is C5H8ClN3O. The number of ether oxygens (including phenoxy) is 1. The molecule has 0 aliphatic rings. The van der Waals surface area contributed by atoms with Crippen LogP contribution in [0.4, 0.5) is 5.82 Å². The predicted octanol–water partition coefficient (Wildman–Crippen LogP) is 0.792. The quantitative estimate of drug-likeness (QED) is 0.674. The number of hydrogen-bond donors (Lipinski definition) is 2. The van der Waals surface area contributed by atoms with Gasteiger partial charge in [-0.25, -0.2) is 0 Å². The van der Waals surface area contributed by atoms with E-state index in [1.165, 1.54) is 0 Å². The highest BCUT2D eigenvalue weighted by molar-refractivity contribution is 6.33. The van der Waals surface area contributed by atoms with E-state index in [-0.39, 0.29) is 0 Å². The molecule has 1 aromatic rings. The molecule has 56 valence electrons. The number of nitrogens with one attached hydrogen (secondary N) is 1. The Balaban J connectivity index is 2.83. The van der Waals surface area contributed by atoms with Crippen LogP contribution in [0.25, 0.3) is 0 Å². The average Bonchev–Trinajstić information content (AvgIpc) is 2.20. The van der Waals surface area contributed by atoms with Gasteiger partial charge in [0, 0.05) is 7.11 Å². The number of H-pyrrole nitrogens is 1. The molecular weight excluding hydrogens is 154 g/mol. The lowest BCUT2D eigenvalue weighted by Crippen LogP contribution is -1.87. The minimum atomic E-state index is 0.314. The van der Waals surface area contributed by atoms with Crippen molar-refractivity contribution in [1.29, 1.82) is 0 Å². The Morgan fingerprint density at radius 1 is 1.80 bits per heavy atom. The lowest BCUT2D eigenvalue weighted by Gasteiger charge is -1.92. The second-order valence-corrected chi connectivity index (χ2v) is 2.21. The number of methoxy groups -OCH3 is 1. The highest BCUT2D eigenvalue weighted by atomic mass is 35.5. The van der Waals surface area contributed by atoms with Crippen LogP contribution in [-0.4, -0.2) is 17.3 Å². The summed E-state index contributed by atoms with van der Waals surface area (Å²) in [6.45, 7) is 0.406. The number of hydrogen-bond acceptors (Lipinski definition) is 3. The van der Waals surface area contributed by atoms with Crippen LogP contribution in [0.1, 0.15) is 5.69 Å². The van der Waals surface area contributed by atoms with Crippen LogP contribution >= 0.6 is 11.6 Å². The fourth-order valence-electron chi connectivity index (χ4n) is 0.620. The molecule has 0 saturated carbocycles. The van der Waals surface area contributed by atoms with Gasteiger partial charge in [-0.3, -0.25) is 5.10 Å². The molecule has 0 fully saturated rings. The normalized spacial score (nSPS) is 10.2. The number of rotatable bonds is 2. The van der Waals surface area contributed by atoms with Gasteiger partial charge in [0.1, 0.15) is 5.02 Å².